The Kier molecular flexibility index (Phi) is 11.7. The highest BCUT2D eigenvalue weighted by Crippen LogP contribution is 2.16. The van der Waals surface area contributed by atoms with E-state index in [1.165, 1.54) is 0 Å². The zero-order valence-corrected chi connectivity index (χ0v) is 15.1. The van der Waals surface area contributed by atoms with Crippen molar-refractivity contribution >= 4 is 41.5 Å². The molecule has 2 N–H and O–H groups in total. The van der Waals surface area contributed by atoms with Crippen molar-refractivity contribution in [3.63, 3.8) is 0 Å². The summed E-state index contributed by atoms with van der Waals surface area (Å²) in [5.74, 6) is 1.61. The molecule has 0 aliphatic carbocycles. The quantitative estimate of drug-likeness (QED) is 0.313. The molecule has 0 bridgehead atoms. The van der Waals surface area contributed by atoms with Crippen LogP contribution in [0, 0.1) is 0 Å². The van der Waals surface area contributed by atoms with Gasteiger partial charge in [0.1, 0.15) is 12.4 Å². The second kappa shape index (κ2) is 12.1. The predicted octanol–water partition coefficient (Wildman–Crippen LogP) is 3.30. The molecule has 1 aromatic rings. The SMILES string of the molecule is CCCN=C(NCC)NCCOc1cccc(Cl)c1.I. The molecule has 4 nitrogen and oxygen atoms in total. The first-order chi connectivity index (χ1) is 9.26. The minimum Gasteiger partial charge on any atom is -0.492 e. The van der Waals surface area contributed by atoms with Gasteiger partial charge in [-0.1, -0.05) is 24.6 Å². The van der Waals surface area contributed by atoms with E-state index in [0.29, 0.717) is 18.2 Å². The van der Waals surface area contributed by atoms with Crippen molar-refractivity contribution in [2.24, 2.45) is 4.99 Å². The zero-order chi connectivity index (χ0) is 13.9. The van der Waals surface area contributed by atoms with Crippen molar-refractivity contribution in [3.05, 3.63) is 29.3 Å². The Bertz CT molecular complexity index is 402. The number of rotatable bonds is 7. The van der Waals surface area contributed by atoms with Gasteiger partial charge in [0.25, 0.3) is 0 Å². The van der Waals surface area contributed by atoms with Crippen LogP contribution in [0.5, 0.6) is 5.75 Å². The standard InChI is InChI=1S/C14H22ClN3O.HI/c1-3-8-17-14(16-4-2)18-9-10-19-13-7-5-6-12(15)11-13;/h5-7,11H,3-4,8-10H2,1-2H3,(H2,16,17,18);1H. The van der Waals surface area contributed by atoms with E-state index in [1.54, 1.807) is 6.07 Å². The molecule has 0 atom stereocenters. The third-order valence-corrected chi connectivity index (χ3v) is 2.53. The van der Waals surface area contributed by atoms with Gasteiger partial charge >= 0.3 is 0 Å². The van der Waals surface area contributed by atoms with E-state index in [9.17, 15) is 0 Å². The molecule has 6 heteroatoms. The first kappa shape index (κ1) is 19.3. The van der Waals surface area contributed by atoms with Crippen molar-refractivity contribution in [3.8, 4) is 5.75 Å². The van der Waals surface area contributed by atoms with E-state index in [0.717, 1.165) is 31.2 Å². The molecule has 20 heavy (non-hydrogen) atoms. The lowest BCUT2D eigenvalue weighted by Gasteiger charge is -2.12. The topological polar surface area (TPSA) is 45.7 Å². The fraction of sp³-hybridized carbons (Fsp3) is 0.500. The monoisotopic (exact) mass is 411 g/mol. The molecule has 0 saturated heterocycles. The minimum atomic E-state index is 0. The van der Waals surface area contributed by atoms with Crippen LogP contribution in [0.2, 0.25) is 5.02 Å². The van der Waals surface area contributed by atoms with Gasteiger partial charge in [-0.05, 0) is 31.5 Å². The van der Waals surface area contributed by atoms with Gasteiger partial charge in [-0.2, -0.15) is 0 Å². The van der Waals surface area contributed by atoms with Gasteiger partial charge in [-0.25, -0.2) is 0 Å². The molecule has 0 radical (unpaired) electrons. The van der Waals surface area contributed by atoms with Crippen molar-refractivity contribution in [2.75, 3.05) is 26.2 Å². The Morgan fingerprint density at radius 2 is 2.10 bits per heavy atom. The summed E-state index contributed by atoms with van der Waals surface area (Å²) in [7, 11) is 0. The van der Waals surface area contributed by atoms with E-state index < -0.39 is 0 Å². The van der Waals surface area contributed by atoms with Crippen LogP contribution in [0.3, 0.4) is 0 Å². The molecular formula is C14H23ClIN3O. The van der Waals surface area contributed by atoms with Gasteiger partial charge in [0.2, 0.25) is 0 Å². The number of aliphatic imine (C=N–C) groups is 1. The van der Waals surface area contributed by atoms with Crippen LogP contribution in [0.15, 0.2) is 29.3 Å². The van der Waals surface area contributed by atoms with Crippen LogP contribution in [-0.2, 0) is 0 Å². The van der Waals surface area contributed by atoms with Gasteiger partial charge in [-0.15, -0.1) is 24.0 Å². The highest BCUT2D eigenvalue weighted by Gasteiger charge is 1.97. The van der Waals surface area contributed by atoms with Gasteiger partial charge in [-0.3, -0.25) is 4.99 Å². The lowest BCUT2D eigenvalue weighted by atomic mass is 10.3. The van der Waals surface area contributed by atoms with Gasteiger partial charge < -0.3 is 15.4 Å². The Labute approximate surface area is 143 Å². The van der Waals surface area contributed by atoms with Gasteiger partial charge in [0, 0.05) is 18.1 Å². The highest BCUT2D eigenvalue weighted by molar-refractivity contribution is 14.0. The van der Waals surface area contributed by atoms with Crippen LogP contribution in [0.25, 0.3) is 0 Å². The minimum absolute atomic E-state index is 0. The van der Waals surface area contributed by atoms with Crippen molar-refractivity contribution < 1.29 is 4.74 Å². The molecule has 114 valence electrons. The van der Waals surface area contributed by atoms with E-state index in [4.69, 9.17) is 16.3 Å². The van der Waals surface area contributed by atoms with Crippen LogP contribution >= 0.6 is 35.6 Å². The summed E-state index contributed by atoms with van der Waals surface area (Å²) in [6.07, 6.45) is 1.04. The first-order valence-corrected chi connectivity index (χ1v) is 7.04. The van der Waals surface area contributed by atoms with E-state index >= 15 is 0 Å². The molecule has 1 aromatic carbocycles. The number of benzene rings is 1. The third kappa shape index (κ3) is 8.47. The average molecular weight is 412 g/mol. The van der Waals surface area contributed by atoms with Crippen LogP contribution in [0.4, 0.5) is 0 Å². The second-order valence-corrected chi connectivity index (χ2v) is 4.43. The largest absolute Gasteiger partial charge is 0.492 e. The average Bonchev–Trinajstić information content (AvgIpc) is 2.41. The Morgan fingerprint density at radius 3 is 2.75 bits per heavy atom. The number of hydrogen-bond donors (Lipinski definition) is 2. The van der Waals surface area contributed by atoms with E-state index in [2.05, 4.69) is 22.5 Å². The summed E-state index contributed by atoms with van der Waals surface area (Å²) in [5, 5.41) is 7.09. The fourth-order valence-corrected chi connectivity index (χ4v) is 1.64. The number of ether oxygens (including phenoxy) is 1. The lowest BCUT2D eigenvalue weighted by Crippen LogP contribution is -2.39. The van der Waals surface area contributed by atoms with Crippen molar-refractivity contribution in [2.45, 2.75) is 20.3 Å². The maximum atomic E-state index is 5.88. The Balaban J connectivity index is 0.00000361. The molecule has 0 aromatic heterocycles. The summed E-state index contributed by atoms with van der Waals surface area (Å²) in [6, 6.07) is 7.39. The predicted molar refractivity (Wildman–Crippen MR) is 96.6 cm³/mol. The molecule has 0 heterocycles. The summed E-state index contributed by atoms with van der Waals surface area (Å²) in [4.78, 5) is 4.41. The zero-order valence-electron chi connectivity index (χ0n) is 12.0. The maximum absolute atomic E-state index is 5.88. The Hall–Kier alpha value is -0.690. The molecule has 0 spiro atoms. The number of hydrogen-bond acceptors (Lipinski definition) is 2. The molecule has 0 unspecified atom stereocenters. The number of nitrogens with one attached hydrogen (secondary N) is 2. The summed E-state index contributed by atoms with van der Waals surface area (Å²) < 4.78 is 5.59. The van der Waals surface area contributed by atoms with Crippen LogP contribution in [-0.4, -0.2) is 32.2 Å². The molecule has 0 amide bonds. The molecule has 0 saturated carbocycles. The molecule has 0 fully saturated rings. The Morgan fingerprint density at radius 1 is 1.30 bits per heavy atom. The smallest absolute Gasteiger partial charge is 0.191 e. The number of halogens is 2. The normalized spacial score (nSPS) is 10.7. The van der Waals surface area contributed by atoms with Gasteiger partial charge in [0.05, 0.1) is 6.54 Å². The lowest BCUT2D eigenvalue weighted by molar-refractivity contribution is 0.322. The second-order valence-electron chi connectivity index (χ2n) is 3.99. The molecule has 1 rings (SSSR count). The summed E-state index contributed by atoms with van der Waals surface area (Å²) in [6.45, 7) is 7.09. The van der Waals surface area contributed by atoms with Gasteiger partial charge in [0.15, 0.2) is 5.96 Å². The van der Waals surface area contributed by atoms with Crippen molar-refractivity contribution in [1.29, 1.82) is 0 Å². The summed E-state index contributed by atoms with van der Waals surface area (Å²) >= 11 is 5.88. The maximum Gasteiger partial charge on any atom is 0.191 e. The van der Waals surface area contributed by atoms with E-state index in [1.807, 2.05) is 25.1 Å². The molecule has 0 aliphatic heterocycles. The molecule has 0 aliphatic rings. The van der Waals surface area contributed by atoms with Crippen LogP contribution in [0.1, 0.15) is 20.3 Å². The number of guanidine groups is 1. The third-order valence-electron chi connectivity index (χ3n) is 2.30. The molecular weight excluding hydrogens is 389 g/mol. The highest BCUT2D eigenvalue weighted by atomic mass is 127. The summed E-state index contributed by atoms with van der Waals surface area (Å²) in [5.41, 5.74) is 0. The fourth-order valence-electron chi connectivity index (χ4n) is 1.46. The number of nitrogens with zero attached hydrogens (tertiary/aromatic N) is 1. The van der Waals surface area contributed by atoms with Crippen LogP contribution < -0.4 is 15.4 Å². The van der Waals surface area contributed by atoms with Crippen molar-refractivity contribution in [1.82, 2.24) is 10.6 Å². The first-order valence-electron chi connectivity index (χ1n) is 6.66. The van der Waals surface area contributed by atoms with E-state index in [-0.39, 0.29) is 24.0 Å².